The minimum absolute atomic E-state index is 0.133. The molecule has 0 spiro atoms. The molecule has 182 valence electrons. The highest BCUT2D eigenvalue weighted by atomic mass is 16.5. The summed E-state index contributed by atoms with van der Waals surface area (Å²) in [5.41, 5.74) is 2.44. The number of anilines is 1. The summed E-state index contributed by atoms with van der Waals surface area (Å²) >= 11 is 0. The van der Waals surface area contributed by atoms with Crippen LogP contribution in [0.4, 0.5) is 17.1 Å². The summed E-state index contributed by atoms with van der Waals surface area (Å²) in [6, 6.07) is 23.7. The predicted molar refractivity (Wildman–Crippen MR) is 138 cm³/mol. The van der Waals surface area contributed by atoms with Gasteiger partial charge >= 0.3 is 0 Å². The zero-order chi connectivity index (χ0) is 24.7. The molecular weight excluding hydrogens is 456 g/mol. The highest BCUT2D eigenvalue weighted by molar-refractivity contribution is 5.91. The maximum Gasteiger partial charge on any atom is 0.261 e. The summed E-state index contributed by atoms with van der Waals surface area (Å²) in [6.07, 6.45) is 0. The molecule has 0 radical (unpaired) electrons. The van der Waals surface area contributed by atoms with Crippen LogP contribution in [0.15, 0.2) is 93.9 Å². The third-order valence-electron chi connectivity index (χ3n) is 5.90. The predicted octanol–water partition coefficient (Wildman–Crippen LogP) is 4.28. The fourth-order valence-corrected chi connectivity index (χ4v) is 4.02. The Morgan fingerprint density at radius 3 is 2.31 bits per heavy atom. The van der Waals surface area contributed by atoms with Gasteiger partial charge < -0.3 is 10.1 Å². The summed E-state index contributed by atoms with van der Waals surface area (Å²) in [6.45, 7) is 3.12. The third-order valence-corrected chi connectivity index (χ3v) is 5.90. The Morgan fingerprint density at radius 1 is 0.889 bits per heavy atom. The van der Waals surface area contributed by atoms with Crippen LogP contribution in [0.25, 0.3) is 10.9 Å². The van der Waals surface area contributed by atoms with Gasteiger partial charge in [-0.25, -0.2) is 4.98 Å². The minimum atomic E-state index is -0.309. The minimum Gasteiger partial charge on any atom is -0.379 e. The van der Waals surface area contributed by atoms with Gasteiger partial charge in [0.2, 0.25) is 5.91 Å². The van der Waals surface area contributed by atoms with Gasteiger partial charge in [-0.2, -0.15) is 10.2 Å². The van der Waals surface area contributed by atoms with E-state index in [0.29, 0.717) is 47.9 Å². The van der Waals surface area contributed by atoms with E-state index in [1.165, 1.54) is 4.57 Å². The van der Waals surface area contributed by atoms with E-state index in [1.54, 1.807) is 36.4 Å². The molecule has 3 aromatic carbocycles. The number of morpholine rings is 1. The number of para-hydroxylation sites is 1. The number of hydrogen-bond acceptors (Lipinski definition) is 7. The molecule has 1 N–H and O–H groups in total. The van der Waals surface area contributed by atoms with Gasteiger partial charge in [-0.3, -0.25) is 19.1 Å². The number of carbonyl (C=O) groups excluding carboxylic acids is 1. The van der Waals surface area contributed by atoms with Gasteiger partial charge in [-0.05, 0) is 48.5 Å². The molecule has 0 atom stereocenters. The second-order valence-electron chi connectivity index (χ2n) is 8.46. The Balaban J connectivity index is 1.32. The molecule has 1 aliphatic rings. The van der Waals surface area contributed by atoms with Crippen molar-refractivity contribution in [2.75, 3.05) is 31.6 Å². The van der Waals surface area contributed by atoms with Crippen LogP contribution in [0.3, 0.4) is 0 Å². The Kier molecular flexibility index (Phi) is 7.20. The standard InChI is InChI=1S/C27H26N6O3/c34-26(28-20-10-12-22(13-11-20)31-30-21-6-2-1-3-7-21)19-33-25(18-32-14-16-36-17-15-32)29-24-9-5-4-8-23(24)27(33)35/h1-13H,14-19H2,(H,28,34). The first-order chi connectivity index (χ1) is 17.7. The topological polar surface area (TPSA) is 101 Å². The molecule has 0 bridgehead atoms. The van der Waals surface area contributed by atoms with Gasteiger partial charge in [0.15, 0.2) is 0 Å². The molecule has 0 saturated carbocycles. The Bertz CT molecular complexity index is 1430. The van der Waals surface area contributed by atoms with E-state index in [2.05, 4.69) is 20.4 Å². The van der Waals surface area contributed by atoms with Crippen molar-refractivity contribution in [2.24, 2.45) is 10.2 Å². The number of aromatic nitrogens is 2. The number of amides is 1. The lowest BCUT2D eigenvalue weighted by Gasteiger charge is -2.27. The smallest absolute Gasteiger partial charge is 0.261 e. The van der Waals surface area contributed by atoms with Crippen LogP contribution in [0.5, 0.6) is 0 Å². The van der Waals surface area contributed by atoms with Crippen LogP contribution in [0.2, 0.25) is 0 Å². The van der Waals surface area contributed by atoms with Gasteiger partial charge in [0.25, 0.3) is 5.56 Å². The molecular formula is C27H26N6O3. The number of carbonyl (C=O) groups is 1. The number of ether oxygens (including phenoxy) is 1. The van der Waals surface area contributed by atoms with Crippen molar-refractivity contribution in [2.45, 2.75) is 13.1 Å². The van der Waals surface area contributed by atoms with Crippen molar-refractivity contribution in [1.82, 2.24) is 14.5 Å². The number of rotatable bonds is 7. The van der Waals surface area contributed by atoms with Crippen LogP contribution in [0, 0.1) is 0 Å². The quantitative estimate of drug-likeness (QED) is 0.396. The SMILES string of the molecule is O=C(Cn1c(CN2CCOCC2)nc2ccccc2c1=O)Nc1ccc(N=Nc2ccccc2)cc1. The summed E-state index contributed by atoms with van der Waals surface area (Å²) < 4.78 is 6.90. The normalized spacial score (nSPS) is 14.3. The number of fused-ring (bicyclic) bond motifs is 1. The van der Waals surface area contributed by atoms with E-state index in [1.807, 2.05) is 42.5 Å². The van der Waals surface area contributed by atoms with Crippen molar-refractivity contribution in [3.8, 4) is 0 Å². The van der Waals surface area contributed by atoms with Crippen molar-refractivity contribution < 1.29 is 9.53 Å². The second kappa shape index (κ2) is 11.0. The third kappa shape index (κ3) is 5.70. The van der Waals surface area contributed by atoms with Crippen molar-refractivity contribution in [3.05, 3.63) is 95.0 Å². The summed E-state index contributed by atoms with van der Waals surface area (Å²) in [5.74, 6) is 0.253. The fourth-order valence-electron chi connectivity index (χ4n) is 4.02. The molecule has 2 heterocycles. The van der Waals surface area contributed by atoms with Gasteiger partial charge in [0, 0.05) is 18.8 Å². The molecule has 0 unspecified atom stereocenters. The van der Waals surface area contributed by atoms with E-state index in [4.69, 9.17) is 9.72 Å². The van der Waals surface area contributed by atoms with E-state index in [0.717, 1.165) is 18.8 Å². The highest BCUT2D eigenvalue weighted by Crippen LogP contribution is 2.20. The molecule has 9 heteroatoms. The molecule has 1 aliphatic heterocycles. The van der Waals surface area contributed by atoms with E-state index in [9.17, 15) is 9.59 Å². The number of azo groups is 1. The van der Waals surface area contributed by atoms with E-state index >= 15 is 0 Å². The van der Waals surface area contributed by atoms with Crippen molar-refractivity contribution in [3.63, 3.8) is 0 Å². The molecule has 4 aromatic rings. The second-order valence-corrected chi connectivity index (χ2v) is 8.46. The Hall–Kier alpha value is -4.21. The zero-order valence-electron chi connectivity index (χ0n) is 19.7. The number of benzene rings is 3. The molecule has 36 heavy (non-hydrogen) atoms. The largest absolute Gasteiger partial charge is 0.379 e. The fraction of sp³-hybridized carbons (Fsp3) is 0.222. The first-order valence-electron chi connectivity index (χ1n) is 11.8. The van der Waals surface area contributed by atoms with Gasteiger partial charge in [-0.15, -0.1) is 0 Å². The lowest BCUT2D eigenvalue weighted by Crippen LogP contribution is -2.39. The van der Waals surface area contributed by atoms with E-state index in [-0.39, 0.29) is 18.0 Å². The molecule has 9 nitrogen and oxygen atoms in total. The summed E-state index contributed by atoms with van der Waals surface area (Å²) in [5, 5.41) is 11.8. The molecule has 1 aromatic heterocycles. The van der Waals surface area contributed by atoms with Crippen LogP contribution >= 0.6 is 0 Å². The first kappa shape index (κ1) is 23.5. The van der Waals surface area contributed by atoms with Crippen LogP contribution in [-0.2, 0) is 22.6 Å². The Labute approximate surface area is 208 Å². The lowest BCUT2D eigenvalue weighted by molar-refractivity contribution is -0.116. The molecule has 5 rings (SSSR count). The summed E-state index contributed by atoms with van der Waals surface area (Å²) in [4.78, 5) is 33.1. The Morgan fingerprint density at radius 2 is 1.56 bits per heavy atom. The maximum atomic E-state index is 13.3. The van der Waals surface area contributed by atoms with Gasteiger partial charge in [0.05, 0.1) is 42.0 Å². The lowest BCUT2D eigenvalue weighted by atomic mass is 10.2. The van der Waals surface area contributed by atoms with Crippen LogP contribution in [0.1, 0.15) is 5.82 Å². The highest BCUT2D eigenvalue weighted by Gasteiger charge is 2.18. The molecule has 1 saturated heterocycles. The summed E-state index contributed by atoms with van der Waals surface area (Å²) in [7, 11) is 0. The van der Waals surface area contributed by atoms with Crippen LogP contribution < -0.4 is 10.9 Å². The number of nitrogens with one attached hydrogen (secondary N) is 1. The molecule has 1 fully saturated rings. The van der Waals surface area contributed by atoms with Crippen LogP contribution in [-0.4, -0.2) is 46.7 Å². The monoisotopic (exact) mass is 482 g/mol. The zero-order valence-corrected chi connectivity index (χ0v) is 19.7. The average Bonchev–Trinajstić information content (AvgIpc) is 2.92. The molecule has 1 amide bonds. The van der Waals surface area contributed by atoms with Crippen molar-refractivity contribution >= 4 is 33.9 Å². The van der Waals surface area contributed by atoms with E-state index < -0.39 is 0 Å². The average molecular weight is 483 g/mol. The van der Waals surface area contributed by atoms with Gasteiger partial charge in [-0.1, -0.05) is 30.3 Å². The van der Waals surface area contributed by atoms with Crippen molar-refractivity contribution in [1.29, 1.82) is 0 Å². The molecule has 0 aliphatic carbocycles. The number of nitrogens with zero attached hydrogens (tertiary/aromatic N) is 5. The maximum absolute atomic E-state index is 13.3. The number of hydrogen-bond donors (Lipinski definition) is 1. The van der Waals surface area contributed by atoms with Gasteiger partial charge in [0.1, 0.15) is 12.4 Å². The first-order valence-corrected chi connectivity index (χ1v) is 11.8.